The lowest BCUT2D eigenvalue weighted by molar-refractivity contribution is 0.397. The van der Waals surface area contributed by atoms with Crippen molar-refractivity contribution in [3.8, 4) is 5.75 Å². The van der Waals surface area contributed by atoms with Gasteiger partial charge in [0.15, 0.2) is 0 Å². The Morgan fingerprint density at radius 1 is 1.22 bits per heavy atom. The van der Waals surface area contributed by atoms with Crippen molar-refractivity contribution < 1.29 is 4.74 Å². The Bertz CT molecular complexity index is 789. The normalized spacial score (nSPS) is 24.7. The van der Waals surface area contributed by atoms with Crippen LogP contribution in [-0.4, -0.2) is 7.11 Å². The van der Waals surface area contributed by atoms with Gasteiger partial charge in [-0.05, 0) is 36.1 Å². The summed E-state index contributed by atoms with van der Waals surface area (Å²) in [7, 11) is 1.70. The molecule has 1 aliphatic heterocycles. The highest BCUT2D eigenvalue weighted by atomic mass is 79.9. The molecular weight excluding hydrogens is 374 g/mol. The van der Waals surface area contributed by atoms with Crippen molar-refractivity contribution in [2.75, 3.05) is 12.4 Å². The minimum atomic E-state index is 0.227. The number of nitrogens with one attached hydrogen (secondary N) is 1. The van der Waals surface area contributed by atoms with E-state index in [0.29, 0.717) is 11.8 Å². The van der Waals surface area contributed by atoms with Crippen molar-refractivity contribution >= 4 is 33.2 Å². The van der Waals surface area contributed by atoms with Crippen molar-refractivity contribution in [1.29, 1.82) is 0 Å². The van der Waals surface area contributed by atoms with Crippen LogP contribution in [0.1, 0.15) is 29.5 Å². The van der Waals surface area contributed by atoms with E-state index in [-0.39, 0.29) is 6.04 Å². The Hall–Kier alpha value is -1.45. The molecule has 1 heterocycles. The SMILES string of the molecule is COc1ccc(Cl)c2c1N[C@@H](c1ccccc1Br)[C@@H]1CC=C[C@H]21. The van der Waals surface area contributed by atoms with Crippen LogP contribution in [0.3, 0.4) is 0 Å². The predicted octanol–water partition coefficient (Wildman–Crippen LogP) is 5.94. The van der Waals surface area contributed by atoms with Gasteiger partial charge in [-0.3, -0.25) is 0 Å². The van der Waals surface area contributed by atoms with Gasteiger partial charge in [-0.15, -0.1) is 0 Å². The zero-order valence-corrected chi connectivity index (χ0v) is 15.1. The van der Waals surface area contributed by atoms with Crippen LogP contribution in [0, 0.1) is 5.92 Å². The average molecular weight is 391 g/mol. The van der Waals surface area contributed by atoms with Crippen LogP contribution in [0.2, 0.25) is 5.02 Å². The molecule has 118 valence electrons. The van der Waals surface area contributed by atoms with Gasteiger partial charge in [-0.1, -0.05) is 57.9 Å². The predicted molar refractivity (Wildman–Crippen MR) is 98.5 cm³/mol. The molecule has 0 spiro atoms. The van der Waals surface area contributed by atoms with Crippen LogP contribution in [0.15, 0.2) is 53.0 Å². The molecular formula is C19H17BrClNO. The van der Waals surface area contributed by atoms with Gasteiger partial charge in [0, 0.05) is 21.0 Å². The second kappa shape index (κ2) is 5.88. The fraction of sp³-hybridized carbons (Fsp3) is 0.263. The van der Waals surface area contributed by atoms with Crippen LogP contribution in [0.25, 0.3) is 0 Å². The monoisotopic (exact) mass is 389 g/mol. The molecule has 2 nitrogen and oxygen atoms in total. The fourth-order valence-corrected chi connectivity index (χ4v) is 4.66. The van der Waals surface area contributed by atoms with E-state index in [1.54, 1.807) is 7.11 Å². The zero-order valence-electron chi connectivity index (χ0n) is 12.7. The Kier molecular flexibility index (Phi) is 3.86. The van der Waals surface area contributed by atoms with Crippen LogP contribution in [-0.2, 0) is 0 Å². The molecule has 0 saturated heterocycles. The van der Waals surface area contributed by atoms with Crippen molar-refractivity contribution in [1.82, 2.24) is 0 Å². The molecule has 1 N–H and O–H groups in total. The summed E-state index contributed by atoms with van der Waals surface area (Å²) in [5.74, 6) is 1.64. The summed E-state index contributed by atoms with van der Waals surface area (Å²) < 4.78 is 6.71. The lowest BCUT2D eigenvalue weighted by Crippen LogP contribution is -2.29. The molecule has 23 heavy (non-hydrogen) atoms. The molecule has 0 unspecified atom stereocenters. The molecule has 0 aromatic heterocycles. The molecule has 0 fully saturated rings. The molecule has 0 bridgehead atoms. The molecule has 4 rings (SSSR count). The van der Waals surface area contributed by atoms with Gasteiger partial charge >= 0.3 is 0 Å². The largest absolute Gasteiger partial charge is 0.495 e. The maximum Gasteiger partial charge on any atom is 0.142 e. The number of halogens is 2. The number of rotatable bonds is 2. The Morgan fingerprint density at radius 3 is 2.83 bits per heavy atom. The third-order valence-electron chi connectivity index (χ3n) is 4.89. The van der Waals surface area contributed by atoms with E-state index in [1.807, 2.05) is 18.2 Å². The summed E-state index contributed by atoms with van der Waals surface area (Å²) in [5.41, 5.74) is 3.46. The molecule has 0 radical (unpaired) electrons. The van der Waals surface area contributed by atoms with E-state index in [2.05, 4.69) is 51.6 Å². The highest BCUT2D eigenvalue weighted by molar-refractivity contribution is 9.10. The Balaban J connectivity index is 1.88. The number of hydrogen-bond acceptors (Lipinski definition) is 2. The first kappa shape index (κ1) is 15.1. The van der Waals surface area contributed by atoms with Crippen molar-refractivity contribution in [3.05, 3.63) is 69.2 Å². The average Bonchev–Trinajstić information content (AvgIpc) is 3.04. The van der Waals surface area contributed by atoms with Crippen molar-refractivity contribution in [3.63, 3.8) is 0 Å². The molecule has 2 aromatic rings. The summed E-state index contributed by atoms with van der Waals surface area (Å²) in [6, 6.07) is 12.5. The Labute approximate surface area is 149 Å². The third kappa shape index (κ3) is 2.38. The molecule has 1 aliphatic carbocycles. The molecule has 4 heteroatoms. The highest BCUT2D eigenvalue weighted by Crippen LogP contribution is 2.54. The van der Waals surface area contributed by atoms with Crippen LogP contribution in [0.5, 0.6) is 5.75 Å². The second-order valence-corrected chi connectivity index (χ2v) is 7.30. The van der Waals surface area contributed by atoms with E-state index in [4.69, 9.17) is 16.3 Å². The lowest BCUT2D eigenvalue weighted by atomic mass is 9.77. The minimum Gasteiger partial charge on any atom is -0.495 e. The molecule has 0 amide bonds. The number of allylic oxidation sites excluding steroid dienone is 2. The van der Waals surface area contributed by atoms with Gasteiger partial charge in [0.05, 0.1) is 18.8 Å². The molecule has 3 atom stereocenters. The number of ether oxygens (including phenoxy) is 1. The summed E-state index contributed by atoms with van der Waals surface area (Å²) in [6.07, 6.45) is 5.61. The quantitative estimate of drug-likeness (QED) is 0.641. The Morgan fingerprint density at radius 2 is 2.04 bits per heavy atom. The van der Waals surface area contributed by atoms with E-state index >= 15 is 0 Å². The third-order valence-corrected chi connectivity index (χ3v) is 5.94. The van der Waals surface area contributed by atoms with Crippen molar-refractivity contribution in [2.24, 2.45) is 5.92 Å². The standard InChI is InChI=1S/C19H17BrClNO/c1-23-16-10-9-15(21)17-11-6-4-7-12(11)18(22-19(16)17)13-5-2-3-8-14(13)20/h2-6,8-12,18,22H,7H2,1H3/t11-,12+,18+/m0/s1. The van der Waals surface area contributed by atoms with Gasteiger partial charge < -0.3 is 10.1 Å². The summed E-state index contributed by atoms with van der Waals surface area (Å²) in [5, 5.41) is 4.51. The smallest absolute Gasteiger partial charge is 0.142 e. The molecule has 0 saturated carbocycles. The van der Waals surface area contributed by atoms with Gasteiger partial charge in [0.2, 0.25) is 0 Å². The lowest BCUT2D eigenvalue weighted by Gasteiger charge is -2.39. The first-order valence-electron chi connectivity index (χ1n) is 7.74. The van der Waals surface area contributed by atoms with Gasteiger partial charge in [-0.25, -0.2) is 0 Å². The van der Waals surface area contributed by atoms with Crippen LogP contribution < -0.4 is 10.1 Å². The van der Waals surface area contributed by atoms with Crippen LogP contribution in [0.4, 0.5) is 5.69 Å². The van der Waals surface area contributed by atoms with Gasteiger partial charge in [-0.2, -0.15) is 0 Å². The van der Waals surface area contributed by atoms with E-state index < -0.39 is 0 Å². The molecule has 2 aliphatic rings. The summed E-state index contributed by atoms with van der Waals surface area (Å²) >= 11 is 10.2. The fourth-order valence-electron chi connectivity index (χ4n) is 3.84. The van der Waals surface area contributed by atoms with Crippen molar-refractivity contribution in [2.45, 2.75) is 18.4 Å². The van der Waals surface area contributed by atoms with E-state index in [9.17, 15) is 0 Å². The molecule has 2 aromatic carbocycles. The van der Waals surface area contributed by atoms with E-state index in [0.717, 1.165) is 32.9 Å². The maximum absolute atomic E-state index is 6.52. The maximum atomic E-state index is 6.52. The second-order valence-electron chi connectivity index (χ2n) is 6.04. The first-order chi connectivity index (χ1) is 11.2. The number of fused-ring (bicyclic) bond motifs is 3. The summed E-state index contributed by atoms with van der Waals surface area (Å²) in [6.45, 7) is 0. The minimum absolute atomic E-state index is 0.227. The van der Waals surface area contributed by atoms with E-state index in [1.165, 1.54) is 5.56 Å². The highest BCUT2D eigenvalue weighted by Gasteiger charge is 2.40. The van der Waals surface area contributed by atoms with Gasteiger partial charge in [0.25, 0.3) is 0 Å². The van der Waals surface area contributed by atoms with Crippen LogP contribution >= 0.6 is 27.5 Å². The summed E-state index contributed by atoms with van der Waals surface area (Å²) in [4.78, 5) is 0. The zero-order chi connectivity index (χ0) is 16.0. The number of benzene rings is 2. The number of anilines is 1. The number of hydrogen-bond donors (Lipinski definition) is 1. The topological polar surface area (TPSA) is 21.3 Å². The van der Waals surface area contributed by atoms with Gasteiger partial charge in [0.1, 0.15) is 5.75 Å². The first-order valence-corrected chi connectivity index (χ1v) is 8.92. The number of methoxy groups -OCH3 is 1.